The average Bonchev–Trinajstić information content (AvgIpc) is 2.66. The highest BCUT2D eigenvalue weighted by Gasteiger charge is 2.28. The SMILES string of the molecule is CC(C)(C)OC(=O)N1CCC(O)CC1.CSC(=S)OC1CCN(C(=O)OC(C)(C)C)CC1. The van der Waals surface area contributed by atoms with E-state index < -0.39 is 11.2 Å². The summed E-state index contributed by atoms with van der Waals surface area (Å²) >= 11 is 6.46. The van der Waals surface area contributed by atoms with E-state index in [0.29, 0.717) is 43.4 Å². The van der Waals surface area contributed by atoms with Crippen LogP contribution < -0.4 is 0 Å². The van der Waals surface area contributed by atoms with Crippen LogP contribution >= 0.6 is 24.0 Å². The van der Waals surface area contributed by atoms with E-state index in [-0.39, 0.29) is 24.4 Å². The maximum absolute atomic E-state index is 11.8. The summed E-state index contributed by atoms with van der Waals surface area (Å²) in [6.07, 6.45) is 4.17. The molecular weight excluding hydrogens is 452 g/mol. The molecular formula is C22H40N2O6S2. The maximum Gasteiger partial charge on any atom is 0.410 e. The van der Waals surface area contributed by atoms with Crippen LogP contribution in [0.1, 0.15) is 67.2 Å². The third kappa shape index (κ3) is 12.1. The first kappa shape index (κ1) is 28.8. The number of carbonyl (C=O) groups excluding carboxylic acids is 2. The highest BCUT2D eigenvalue weighted by Crippen LogP contribution is 2.19. The number of rotatable bonds is 1. The molecule has 0 aromatic heterocycles. The Bertz CT molecular complexity index is 617. The first-order valence-electron chi connectivity index (χ1n) is 11.1. The number of ether oxygens (including phenoxy) is 3. The lowest BCUT2D eigenvalue weighted by molar-refractivity contribution is 0.00953. The molecule has 2 aliphatic rings. The molecule has 2 aliphatic heterocycles. The number of piperidine rings is 2. The van der Waals surface area contributed by atoms with E-state index in [1.807, 2.05) is 47.8 Å². The zero-order chi connectivity index (χ0) is 24.5. The summed E-state index contributed by atoms with van der Waals surface area (Å²) in [6.45, 7) is 13.7. The summed E-state index contributed by atoms with van der Waals surface area (Å²) in [5.41, 5.74) is -0.877. The van der Waals surface area contributed by atoms with Gasteiger partial charge in [-0.2, -0.15) is 0 Å². The van der Waals surface area contributed by atoms with Crippen LogP contribution in [0.3, 0.4) is 0 Å². The molecule has 0 spiro atoms. The van der Waals surface area contributed by atoms with Gasteiger partial charge in [0.2, 0.25) is 4.38 Å². The summed E-state index contributed by atoms with van der Waals surface area (Å²) in [4.78, 5) is 26.8. The zero-order valence-corrected chi connectivity index (χ0v) is 22.1. The summed E-state index contributed by atoms with van der Waals surface area (Å²) in [5.74, 6) is 0. The zero-order valence-electron chi connectivity index (χ0n) is 20.5. The van der Waals surface area contributed by atoms with E-state index in [2.05, 4.69) is 0 Å². The molecule has 0 saturated carbocycles. The Balaban J connectivity index is 0.000000330. The third-order valence-corrected chi connectivity index (χ3v) is 5.67. The molecule has 0 bridgehead atoms. The minimum atomic E-state index is -0.440. The van der Waals surface area contributed by atoms with Gasteiger partial charge in [-0.25, -0.2) is 9.59 Å². The number of thioether (sulfide) groups is 1. The highest BCUT2D eigenvalue weighted by atomic mass is 32.2. The second-order valence-electron chi connectivity index (χ2n) is 9.94. The molecule has 2 fully saturated rings. The number of likely N-dealkylation sites (tertiary alicyclic amines) is 2. The largest absolute Gasteiger partial charge is 0.475 e. The Labute approximate surface area is 202 Å². The van der Waals surface area contributed by atoms with Crippen molar-refractivity contribution in [3.05, 3.63) is 0 Å². The first-order valence-corrected chi connectivity index (χ1v) is 12.7. The molecule has 8 nitrogen and oxygen atoms in total. The Morgan fingerprint density at radius 3 is 1.56 bits per heavy atom. The van der Waals surface area contributed by atoms with Crippen molar-refractivity contribution in [3.8, 4) is 0 Å². The standard InChI is InChI=1S/C12H21NO3S2.C10H19NO3/c1-12(2,3)16-10(14)13-7-5-9(6-8-13)15-11(17)18-4;1-10(2,3)14-9(13)11-6-4-8(12)5-7-11/h9H,5-8H2,1-4H3;8,12H,4-7H2,1-3H3. The molecule has 0 radical (unpaired) electrons. The molecule has 2 heterocycles. The van der Waals surface area contributed by atoms with Crippen LogP contribution in [0.4, 0.5) is 9.59 Å². The van der Waals surface area contributed by atoms with Gasteiger partial charge in [-0.15, -0.1) is 0 Å². The number of hydrogen-bond acceptors (Lipinski definition) is 8. The fourth-order valence-electron chi connectivity index (χ4n) is 3.04. The number of amides is 2. The van der Waals surface area contributed by atoms with Gasteiger partial charge in [-0.3, -0.25) is 0 Å². The van der Waals surface area contributed by atoms with Crippen LogP contribution in [0.2, 0.25) is 0 Å². The van der Waals surface area contributed by atoms with E-state index in [1.54, 1.807) is 9.80 Å². The van der Waals surface area contributed by atoms with E-state index in [4.69, 9.17) is 26.4 Å². The topological polar surface area (TPSA) is 88.5 Å². The quantitative estimate of drug-likeness (QED) is 0.538. The lowest BCUT2D eigenvalue weighted by atomic mass is 10.1. The molecule has 186 valence electrons. The van der Waals surface area contributed by atoms with Gasteiger partial charge in [0, 0.05) is 39.0 Å². The molecule has 2 rings (SSSR count). The van der Waals surface area contributed by atoms with Crippen molar-refractivity contribution < 1.29 is 28.9 Å². The van der Waals surface area contributed by atoms with Gasteiger partial charge in [0.05, 0.1) is 6.10 Å². The Morgan fingerprint density at radius 2 is 1.22 bits per heavy atom. The predicted molar refractivity (Wildman–Crippen MR) is 131 cm³/mol. The molecule has 0 atom stereocenters. The van der Waals surface area contributed by atoms with Crippen molar-refractivity contribution in [2.24, 2.45) is 0 Å². The van der Waals surface area contributed by atoms with Gasteiger partial charge in [0.1, 0.15) is 17.3 Å². The van der Waals surface area contributed by atoms with Crippen LogP contribution in [0.5, 0.6) is 0 Å². The predicted octanol–water partition coefficient (Wildman–Crippen LogP) is 4.43. The lowest BCUT2D eigenvalue weighted by Gasteiger charge is -2.33. The van der Waals surface area contributed by atoms with Gasteiger partial charge in [0.25, 0.3) is 0 Å². The molecule has 0 aliphatic carbocycles. The van der Waals surface area contributed by atoms with Gasteiger partial charge in [-0.05, 0) is 72.9 Å². The van der Waals surface area contributed by atoms with Crippen LogP contribution in [0.15, 0.2) is 0 Å². The van der Waals surface area contributed by atoms with Crippen molar-refractivity contribution in [2.45, 2.75) is 90.6 Å². The van der Waals surface area contributed by atoms with Crippen LogP contribution in [-0.2, 0) is 14.2 Å². The van der Waals surface area contributed by atoms with Gasteiger partial charge in [0.15, 0.2) is 0 Å². The van der Waals surface area contributed by atoms with E-state index in [1.165, 1.54) is 11.8 Å². The normalized spacial score (nSPS) is 18.4. The summed E-state index contributed by atoms with van der Waals surface area (Å²) in [7, 11) is 0. The van der Waals surface area contributed by atoms with Crippen molar-refractivity contribution in [1.29, 1.82) is 0 Å². The van der Waals surface area contributed by atoms with E-state index >= 15 is 0 Å². The minimum absolute atomic E-state index is 0.128. The Morgan fingerprint density at radius 1 is 0.844 bits per heavy atom. The van der Waals surface area contributed by atoms with E-state index in [9.17, 15) is 14.7 Å². The van der Waals surface area contributed by atoms with Crippen molar-refractivity contribution >= 4 is 40.5 Å². The number of aliphatic hydroxyl groups is 1. The number of thiocarbonyl (C=S) groups is 1. The minimum Gasteiger partial charge on any atom is -0.475 e. The molecule has 0 unspecified atom stereocenters. The van der Waals surface area contributed by atoms with Gasteiger partial charge >= 0.3 is 12.2 Å². The van der Waals surface area contributed by atoms with Crippen LogP contribution in [0, 0.1) is 0 Å². The average molecular weight is 493 g/mol. The molecule has 32 heavy (non-hydrogen) atoms. The van der Waals surface area contributed by atoms with Gasteiger partial charge < -0.3 is 29.1 Å². The number of carbonyl (C=O) groups is 2. The Kier molecular flexibility index (Phi) is 11.5. The van der Waals surface area contributed by atoms with Crippen molar-refractivity contribution in [1.82, 2.24) is 9.80 Å². The molecule has 2 saturated heterocycles. The molecule has 1 N–H and O–H groups in total. The molecule has 0 aromatic carbocycles. The van der Waals surface area contributed by atoms with Crippen molar-refractivity contribution in [3.63, 3.8) is 0 Å². The van der Waals surface area contributed by atoms with Gasteiger partial charge in [-0.1, -0.05) is 11.8 Å². The van der Waals surface area contributed by atoms with Crippen LogP contribution in [-0.4, -0.2) is 87.3 Å². The third-order valence-electron chi connectivity index (χ3n) is 4.64. The molecule has 2 amide bonds. The smallest absolute Gasteiger partial charge is 0.410 e. The summed E-state index contributed by atoms with van der Waals surface area (Å²) in [5, 5.41) is 9.26. The van der Waals surface area contributed by atoms with Crippen molar-refractivity contribution in [2.75, 3.05) is 32.4 Å². The second-order valence-corrected chi connectivity index (χ2v) is 11.3. The maximum atomic E-state index is 11.8. The lowest BCUT2D eigenvalue weighted by Crippen LogP contribution is -2.43. The van der Waals surface area contributed by atoms with E-state index in [0.717, 1.165) is 12.8 Å². The van der Waals surface area contributed by atoms with Crippen LogP contribution in [0.25, 0.3) is 0 Å². The Hall–Kier alpha value is -1.26. The number of hydrogen-bond donors (Lipinski definition) is 1. The highest BCUT2D eigenvalue weighted by molar-refractivity contribution is 8.22. The number of aliphatic hydroxyl groups excluding tert-OH is 1. The molecule has 10 heteroatoms. The fraction of sp³-hybridized carbons (Fsp3) is 0.864. The summed E-state index contributed by atoms with van der Waals surface area (Å²) in [6, 6.07) is 0. The fourth-order valence-corrected chi connectivity index (χ4v) is 3.41. The monoisotopic (exact) mass is 492 g/mol. The number of nitrogens with zero attached hydrogens (tertiary/aromatic N) is 2. The second kappa shape index (κ2) is 12.8. The summed E-state index contributed by atoms with van der Waals surface area (Å²) < 4.78 is 16.7. The first-order chi connectivity index (χ1) is 14.7. The molecule has 0 aromatic rings.